The lowest BCUT2D eigenvalue weighted by molar-refractivity contribution is 0.254. The van der Waals surface area contributed by atoms with Crippen molar-refractivity contribution in [3.05, 3.63) is 53.1 Å². The number of aryl methyl sites for hydroxylation is 1. The monoisotopic (exact) mass is 339 g/mol. The number of hydrogen-bond donors (Lipinski definition) is 2. The largest absolute Gasteiger partial charge is 0.496 e. The predicted molar refractivity (Wildman–Crippen MR) is 102 cm³/mol. The third-order valence-electron chi connectivity index (χ3n) is 4.35. The van der Waals surface area contributed by atoms with Gasteiger partial charge in [-0.1, -0.05) is 19.1 Å². The maximum atomic E-state index is 6.02. The highest BCUT2D eigenvalue weighted by molar-refractivity contribution is 5.92. The molecule has 1 heterocycles. The van der Waals surface area contributed by atoms with E-state index >= 15 is 0 Å². The Hall–Kier alpha value is -2.69. The van der Waals surface area contributed by atoms with Crippen LogP contribution in [-0.2, 0) is 19.4 Å². The van der Waals surface area contributed by atoms with Crippen molar-refractivity contribution in [2.24, 2.45) is 10.7 Å². The molecule has 0 radical (unpaired) electrons. The first-order valence-corrected chi connectivity index (χ1v) is 8.61. The maximum absolute atomic E-state index is 6.02. The van der Waals surface area contributed by atoms with Crippen LogP contribution in [0, 0.1) is 0 Å². The molecule has 0 amide bonds. The molecule has 2 aromatic carbocycles. The summed E-state index contributed by atoms with van der Waals surface area (Å²) in [6.07, 6.45) is 2.13. The Bertz CT molecular complexity index is 769. The zero-order valence-corrected chi connectivity index (χ0v) is 15.0. The number of nitrogens with two attached hydrogens (primary N) is 1. The molecule has 3 N–H and O–H groups in total. The van der Waals surface area contributed by atoms with Gasteiger partial charge in [0.25, 0.3) is 0 Å². The molecule has 0 aliphatic carbocycles. The molecule has 0 bridgehead atoms. The Labute approximate surface area is 148 Å². The van der Waals surface area contributed by atoms with Gasteiger partial charge in [0.15, 0.2) is 5.96 Å². The number of nitrogens with zero attached hydrogens (tertiary/aromatic N) is 1. The van der Waals surface area contributed by atoms with E-state index in [1.165, 1.54) is 11.1 Å². The summed E-state index contributed by atoms with van der Waals surface area (Å²) < 4.78 is 11.3. The van der Waals surface area contributed by atoms with Crippen molar-refractivity contribution < 1.29 is 9.47 Å². The molecular weight excluding hydrogens is 314 g/mol. The van der Waals surface area contributed by atoms with Gasteiger partial charge in [-0.05, 0) is 43.2 Å². The van der Waals surface area contributed by atoms with E-state index in [1.54, 1.807) is 7.11 Å². The number of ether oxygens (including phenoxy) is 2. The van der Waals surface area contributed by atoms with Crippen LogP contribution in [-0.4, -0.2) is 19.2 Å². The average molecular weight is 339 g/mol. The van der Waals surface area contributed by atoms with E-state index in [-0.39, 0.29) is 6.10 Å². The predicted octanol–water partition coefficient (Wildman–Crippen LogP) is 3.51. The fourth-order valence-electron chi connectivity index (χ4n) is 2.98. The summed E-state index contributed by atoms with van der Waals surface area (Å²) in [4.78, 5) is 4.43. The fraction of sp³-hybridized carbons (Fsp3) is 0.350. The third kappa shape index (κ3) is 4.05. The summed E-state index contributed by atoms with van der Waals surface area (Å²) >= 11 is 0. The number of fused-ring (bicyclic) bond motifs is 1. The minimum Gasteiger partial charge on any atom is -0.496 e. The Morgan fingerprint density at radius 2 is 2.08 bits per heavy atom. The van der Waals surface area contributed by atoms with E-state index in [1.807, 2.05) is 24.3 Å². The van der Waals surface area contributed by atoms with Crippen LogP contribution in [0.4, 0.5) is 5.69 Å². The zero-order valence-electron chi connectivity index (χ0n) is 15.0. The van der Waals surface area contributed by atoms with Crippen molar-refractivity contribution in [2.75, 3.05) is 12.4 Å². The second-order valence-corrected chi connectivity index (χ2v) is 6.28. The second kappa shape index (κ2) is 7.47. The van der Waals surface area contributed by atoms with Gasteiger partial charge in [0.2, 0.25) is 0 Å². The topological polar surface area (TPSA) is 68.9 Å². The fourth-order valence-corrected chi connectivity index (χ4v) is 2.98. The first kappa shape index (κ1) is 17.1. The van der Waals surface area contributed by atoms with Crippen molar-refractivity contribution in [2.45, 2.75) is 39.3 Å². The molecule has 5 heteroatoms. The van der Waals surface area contributed by atoms with Crippen molar-refractivity contribution in [3.63, 3.8) is 0 Å². The molecule has 25 heavy (non-hydrogen) atoms. The number of aliphatic imine (C=N–C) groups is 1. The molecule has 0 spiro atoms. The van der Waals surface area contributed by atoms with Gasteiger partial charge >= 0.3 is 0 Å². The van der Waals surface area contributed by atoms with E-state index < -0.39 is 0 Å². The number of nitrogens with one attached hydrogen (secondary N) is 1. The van der Waals surface area contributed by atoms with Crippen molar-refractivity contribution in [1.29, 1.82) is 0 Å². The molecule has 1 unspecified atom stereocenters. The Morgan fingerprint density at radius 1 is 1.32 bits per heavy atom. The molecule has 3 rings (SSSR count). The number of methoxy groups -OCH3 is 1. The summed E-state index contributed by atoms with van der Waals surface area (Å²) in [6.45, 7) is 4.63. The molecule has 0 fully saturated rings. The average Bonchev–Trinajstić information content (AvgIpc) is 2.98. The van der Waals surface area contributed by atoms with Gasteiger partial charge in [-0.25, -0.2) is 4.99 Å². The molecule has 0 aromatic heterocycles. The van der Waals surface area contributed by atoms with Crippen LogP contribution >= 0.6 is 0 Å². The Kier molecular flexibility index (Phi) is 5.12. The van der Waals surface area contributed by atoms with Crippen LogP contribution < -0.4 is 20.5 Å². The van der Waals surface area contributed by atoms with Gasteiger partial charge in [-0.2, -0.15) is 0 Å². The molecule has 0 saturated heterocycles. The van der Waals surface area contributed by atoms with Gasteiger partial charge in [0, 0.05) is 23.2 Å². The van der Waals surface area contributed by atoms with Crippen LogP contribution in [0.1, 0.15) is 30.5 Å². The Balaban J connectivity index is 1.71. The smallest absolute Gasteiger partial charge is 0.193 e. The molecule has 0 saturated carbocycles. The van der Waals surface area contributed by atoms with E-state index in [0.717, 1.165) is 35.6 Å². The number of anilines is 1. The molecule has 1 aliphatic rings. The van der Waals surface area contributed by atoms with Crippen LogP contribution in [0.5, 0.6) is 11.5 Å². The van der Waals surface area contributed by atoms with E-state index in [0.29, 0.717) is 12.5 Å². The summed E-state index contributed by atoms with van der Waals surface area (Å²) in [5, 5.41) is 3.12. The third-order valence-corrected chi connectivity index (χ3v) is 4.35. The molecule has 132 valence electrons. The highest BCUT2D eigenvalue weighted by Gasteiger charge is 2.21. The maximum Gasteiger partial charge on any atom is 0.193 e. The zero-order chi connectivity index (χ0) is 17.8. The van der Waals surface area contributed by atoms with Crippen molar-refractivity contribution in [1.82, 2.24) is 0 Å². The minimum absolute atomic E-state index is 0.205. The van der Waals surface area contributed by atoms with Gasteiger partial charge < -0.3 is 20.5 Å². The highest BCUT2D eigenvalue weighted by Crippen LogP contribution is 2.35. The summed E-state index contributed by atoms with van der Waals surface area (Å²) in [5.74, 6) is 2.11. The van der Waals surface area contributed by atoms with Crippen LogP contribution in [0.15, 0.2) is 41.4 Å². The van der Waals surface area contributed by atoms with E-state index in [2.05, 4.69) is 36.3 Å². The quantitative estimate of drug-likeness (QED) is 0.646. The molecule has 1 aliphatic heterocycles. The van der Waals surface area contributed by atoms with Crippen LogP contribution in [0.2, 0.25) is 0 Å². The van der Waals surface area contributed by atoms with Gasteiger partial charge in [-0.15, -0.1) is 0 Å². The lowest BCUT2D eigenvalue weighted by Gasteiger charge is -2.10. The minimum atomic E-state index is 0.205. The highest BCUT2D eigenvalue weighted by atomic mass is 16.5. The van der Waals surface area contributed by atoms with Gasteiger partial charge in [0.1, 0.15) is 17.6 Å². The van der Waals surface area contributed by atoms with E-state index in [9.17, 15) is 0 Å². The molecule has 2 aromatic rings. The summed E-state index contributed by atoms with van der Waals surface area (Å²) in [7, 11) is 1.67. The first-order chi connectivity index (χ1) is 12.1. The molecule has 5 nitrogen and oxygen atoms in total. The number of rotatable bonds is 5. The van der Waals surface area contributed by atoms with Gasteiger partial charge in [-0.3, -0.25) is 0 Å². The summed E-state index contributed by atoms with van der Waals surface area (Å²) in [6, 6.07) is 12.2. The number of benzene rings is 2. The standard InChI is InChI=1S/C20H25N3O2/c1-4-14-5-7-17(8-6-14)23-20(21)22-12-16-11-19-15(9-13(2)25-19)10-18(16)24-3/h5-8,10-11,13H,4,9,12H2,1-3H3,(H3,21,22,23). The molecular formula is C20H25N3O2. The second-order valence-electron chi connectivity index (χ2n) is 6.28. The van der Waals surface area contributed by atoms with Crippen LogP contribution in [0.3, 0.4) is 0 Å². The molecule has 1 atom stereocenters. The van der Waals surface area contributed by atoms with Crippen LogP contribution in [0.25, 0.3) is 0 Å². The van der Waals surface area contributed by atoms with Crippen molar-refractivity contribution >= 4 is 11.6 Å². The van der Waals surface area contributed by atoms with Crippen molar-refractivity contribution in [3.8, 4) is 11.5 Å². The van der Waals surface area contributed by atoms with E-state index in [4.69, 9.17) is 15.2 Å². The normalized spacial score (nSPS) is 16.3. The first-order valence-electron chi connectivity index (χ1n) is 8.61. The van der Waals surface area contributed by atoms with Gasteiger partial charge in [0.05, 0.1) is 13.7 Å². The lowest BCUT2D eigenvalue weighted by atomic mass is 10.1. The summed E-state index contributed by atoms with van der Waals surface area (Å²) in [5.41, 5.74) is 10.4. The number of hydrogen-bond acceptors (Lipinski definition) is 3. The SMILES string of the molecule is CCc1ccc(NC(N)=NCc2cc3c(cc2OC)CC(C)O3)cc1. The lowest BCUT2D eigenvalue weighted by Crippen LogP contribution is -2.22. The number of guanidine groups is 1. The Morgan fingerprint density at radius 3 is 2.76 bits per heavy atom.